The van der Waals surface area contributed by atoms with E-state index in [1.54, 1.807) is 0 Å². The van der Waals surface area contributed by atoms with Crippen LogP contribution in [0.15, 0.2) is 48.5 Å². The van der Waals surface area contributed by atoms with Gasteiger partial charge in [0.2, 0.25) is 11.8 Å². The zero-order chi connectivity index (χ0) is 20.1. The largest absolute Gasteiger partial charge is 0.343 e. The van der Waals surface area contributed by atoms with E-state index >= 15 is 0 Å². The fraction of sp³-hybridized carbons (Fsp3) is 0.391. The van der Waals surface area contributed by atoms with Gasteiger partial charge in [-0.05, 0) is 54.5 Å². The molecule has 28 heavy (non-hydrogen) atoms. The lowest BCUT2D eigenvalue weighted by molar-refractivity contribution is -0.128. The van der Waals surface area contributed by atoms with Crippen molar-refractivity contribution in [3.05, 3.63) is 65.2 Å². The van der Waals surface area contributed by atoms with Gasteiger partial charge in [0.05, 0.1) is 6.04 Å². The molecule has 2 aromatic rings. The fourth-order valence-corrected chi connectivity index (χ4v) is 3.57. The smallest absolute Gasteiger partial charge is 0.246 e. The van der Waals surface area contributed by atoms with E-state index in [1.165, 1.54) is 11.1 Å². The van der Waals surface area contributed by atoms with E-state index in [1.807, 2.05) is 57.2 Å². The summed E-state index contributed by atoms with van der Waals surface area (Å²) in [5.74, 6) is -0.0167. The maximum Gasteiger partial charge on any atom is 0.246 e. The summed E-state index contributed by atoms with van der Waals surface area (Å²) in [5, 5.41) is 9.19. The molecule has 1 aliphatic heterocycles. The van der Waals surface area contributed by atoms with Crippen molar-refractivity contribution in [1.29, 1.82) is 0 Å². The molecule has 0 aromatic heterocycles. The second kappa shape index (κ2) is 9.02. The quantitative estimate of drug-likeness (QED) is 0.722. The Morgan fingerprint density at radius 3 is 2.57 bits per heavy atom. The van der Waals surface area contributed by atoms with Crippen molar-refractivity contribution in [2.45, 2.75) is 52.2 Å². The number of amides is 2. The van der Waals surface area contributed by atoms with Crippen LogP contribution in [0.25, 0.3) is 0 Å². The number of benzene rings is 2. The van der Waals surface area contributed by atoms with Gasteiger partial charge >= 0.3 is 0 Å². The molecule has 148 valence electrons. The number of carbonyl (C=O) groups excluding carboxylic acids is 2. The summed E-state index contributed by atoms with van der Waals surface area (Å²) in [4.78, 5) is 25.7. The van der Waals surface area contributed by atoms with Gasteiger partial charge in [0, 0.05) is 12.2 Å². The molecule has 0 saturated carbocycles. The summed E-state index contributed by atoms with van der Waals surface area (Å²) < 4.78 is 0. The van der Waals surface area contributed by atoms with Crippen molar-refractivity contribution in [1.82, 2.24) is 10.6 Å². The third-order valence-corrected chi connectivity index (χ3v) is 5.02. The first kappa shape index (κ1) is 20.1. The van der Waals surface area contributed by atoms with Gasteiger partial charge < -0.3 is 16.0 Å². The van der Waals surface area contributed by atoms with Crippen molar-refractivity contribution in [3.8, 4) is 0 Å². The molecular weight excluding hydrogens is 350 g/mol. The van der Waals surface area contributed by atoms with Crippen molar-refractivity contribution < 1.29 is 9.59 Å². The Hall–Kier alpha value is -2.66. The van der Waals surface area contributed by atoms with E-state index in [9.17, 15) is 9.59 Å². The monoisotopic (exact) mass is 379 g/mol. The van der Waals surface area contributed by atoms with E-state index in [4.69, 9.17) is 0 Å². The zero-order valence-corrected chi connectivity index (χ0v) is 16.8. The Balaban J connectivity index is 1.66. The normalized spacial score (nSPS) is 16.9. The number of hydrogen-bond donors (Lipinski definition) is 3. The maximum atomic E-state index is 12.9. The number of nitrogens with one attached hydrogen (secondary N) is 3. The first-order valence-electron chi connectivity index (χ1n) is 9.90. The highest BCUT2D eigenvalue weighted by Gasteiger charge is 2.28. The first-order chi connectivity index (χ1) is 13.4. The topological polar surface area (TPSA) is 70.2 Å². The average molecular weight is 380 g/mol. The van der Waals surface area contributed by atoms with Crippen molar-refractivity contribution in [3.63, 3.8) is 0 Å². The van der Waals surface area contributed by atoms with E-state index in [2.05, 4.69) is 28.1 Å². The second-order valence-corrected chi connectivity index (χ2v) is 7.96. The number of anilines is 1. The minimum absolute atomic E-state index is 0.125. The summed E-state index contributed by atoms with van der Waals surface area (Å²) in [6, 6.07) is 14.9. The van der Waals surface area contributed by atoms with E-state index in [-0.39, 0.29) is 23.8 Å². The number of aryl methyl sites for hydroxylation is 1. The molecule has 0 fully saturated rings. The van der Waals surface area contributed by atoms with Gasteiger partial charge in [-0.25, -0.2) is 0 Å². The lowest BCUT2D eigenvalue weighted by Gasteiger charge is -2.28. The maximum absolute atomic E-state index is 12.9. The van der Waals surface area contributed by atoms with Gasteiger partial charge in [0.15, 0.2) is 0 Å². The van der Waals surface area contributed by atoms with Gasteiger partial charge in [0.1, 0.15) is 6.04 Å². The van der Waals surface area contributed by atoms with Crippen molar-refractivity contribution in [2.75, 3.05) is 5.32 Å². The third-order valence-electron chi connectivity index (χ3n) is 5.02. The van der Waals surface area contributed by atoms with Crippen LogP contribution < -0.4 is 16.0 Å². The SMILES string of the molecule is Cc1cccc(NC(=O)[C@H](CC(C)C)NC(=O)[C@@H]2Cc3ccccc3CN2)c1. The Morgan fingerprint density at radius 1 is 1.11 bits per heavy atom. The predicted molar refractivity (Wildman–Crippen MR) is 112 cm³/mol. The Morgan fingerprint density at radius 2 is 1.86 bits per heavy atom. The molecule has 1 aliphatic rings. The molecule has 1 heterocycles. The summed E-state index contributed by atoms with van der Waals surface area (Å²) in [5.41, 5.74) is 4.23. The van der Waals surface area contributed by atoms with Crippen molar-refractivity contribution >= 4 is 17.5 Å². The van der Waals surface area contributed by atoms with E-state index < -0.39 is 6.04 Å². The van der Waals surface area contributed by atoms with Gasteiger partial charge in [-0.3, -0.25) is 9.59 Å². The number of carbonyl (C=O) groups is 2. The summed E-state index contributed by atoms with van der Waals surface area (Å²) in [6.07, 6.45) is 1.22. The minimum Gasteiger partial charge on any atom is -0.343 e. The molecule has 0 spiro atoms. The predicted octanol–water partition coefficient (Wildman–Crippen LogP) is 3.18. The third kappa shape index (κ3) is 5.20. The lowest BCUT2D eigenvalue weighted by Crippen LogP contribution is -2.53. The van der Waals surface area contributed by atoms with E-state index in [0.29, 0.717) is 19.4 Å². The van der Waals surface area contributed by atoms with Crippen LogP contribution in [0.4, 0.5) is 5.69 Å². The summed E-state index contributed by atoms with van der Waals surface area (Å²) in [7, 11) is 0. The fourth-order valence-electron chi connectivity index (χ4n) is 3.57. The van der Waals surface area contributed by atoms with Crippen LogP contribution in [0.5, 0.6) is 0 Å². The standard InChI is InChI=1S/C23H29N3O2/c1-15(2)11-21(23(28)25-19-10-6-7-16(3)12-19)26-22(27)20-13-17-8-4-5-9-18(17)14-24-20/h4-10,12,15,20-21,24H,11,13-14H2,1-3H3,(H,25,28)(H,26,27)/t20-,21-/m0/s1. The Bertz CT molecular complexity index is 847. The van der Waals surface area contributed by atoms with Crippen LogP contribution in [0.1, 0.15) is 37.0 Å². The molecule has 0 radical (unpaired) electrons. The summed E-state index contributed by atoms with van der Waals surface area (Å²) in [6.45, 7) is 6.75. The number of fused-ring (bicyclic) bond motifs is 1. The molecule has 0 aliphatic carbocycles. The van der Waals surface area contributed by atoms with Gasteiger partial charge in [-0.1, -0.05) is 50.2 Å². The highest BCUT2D eigenvalue weighted by Crippen LogP contribution is 2.17. The molecule has 3 N–H and O–H groups in total. The molecule has 2 aromatic carbocycles. The molecule has 0 bridgehead atoms. The highest BCUT2D eigenvalue weighted by molar-refractivity contribution is 5.98. The second-order valence-electron chi connectivity index (χ2n) is 7.96. The molecule has 3 rings (SSSR count). The van der Waals surface area contributed by atoms with Crippen LogP contribution in [-0.2, 0) is 22.6 Å². The molecule has 2 atom stereocenters. The number of rotatable bonds is 6. The van der Waals surface area contributed by atoms with Gasteiger partial charge in [-0.2, -0.15) is 0 Å². The van der Waals surface area contributed by atoms with E-state index in [0.717, 1.165) is 11.3 Å². The molecule has 0 saturated heterocycles. The Labute approximate surface area is 166 Å². The average Bonchev–Trinajstić information content (AvgIpc) is 2.66. The van der Waals surface area contributed by atoms with Crippen LogP contribution in [0.2, 0.25) is 0 Å². The van der Waals surface area contributed by atoms with Crippen LogP contribution in [0.3, 0.4) is 0 Å². The molecule has 5 heteroatoms. The molecular formula is C23H29N3O2. The Kier molecular flexibility index (Phi) is 6.47. The summed E-state index contributed by atoms with van der Waals surface area (Å²) >= 11 is 0. The molecule has 0 unspecified atom stereocenters. The number of hydrogen-bond acceptors (Lipinski definition) is 3. The van der Waals surface area contributed by atoms with Crippen LogP contribution in [-0.4, -0.2) is 23.9 Å². The van der Waals surface area contributed by atoms with Crippen LogP contribution in [0, 0.1) is 12.8 Å². The molecule has 5 nitrogen and oxygen atoms in total. The van der Waals surface area contributed by atoms with Crippen molar-refractivity contribution in [2.24, 2.45) is 5.92 Å². The highest BCUT2D eigenvalue weighted by atomic mass is 16.2. The van der Waals surface area contributed by atoms with Crippen LogP contribution >= 0.6 is 0 Å². The first-order valence-corrected chi connectivity index (χ1v) is 9.90. The van der Waals surface area contributed by atoms with Gasteiger partial charge in [-0.15, -0.1) is 0 Å². The molecule has 2 amide bonds. The zero-order valence-electron chi connectivity index (χ0n) is 16.8. The van der Waals surface area contributed by atoms with Gasteiger partial charge in [0.25, 0.3) is 0 Å². The lowest BCUT2D eigenvalue weighted by atomic mass is 9.95. The minimum atomic E-state index is -0.563.